The average molecular weight is 297 g/mol. The predicted octanol–water partition coefficient (Wildman–Crippen LogP) is 3.81. The first kappa shape index (κ1) is 16.7. The van der Waals surface area contributed by atoms with Gasteiger partial charge in [-0.3, -0.25) is 4.90 Å². The van der Waals surface area contributed by atoms with Gasteiger partial charge in [0.25, 0.3) is 0 Å². The van der Waals surface area contributed by atoms with Crippen molar-refractivity contribution in [2.75, 3.05) is 6.54 Å². The van der Waals surface area contributed by atoms with Gasteiger partial charge in [0.1, 0.15) is 0 Å². The molecule has 0 saturated carbocycles. The maximum atomic E-state index is 10.4. The van der Waals surface area contributed by atoms with Gasteiger partial charge in [0.05, 0.1) is 6.10 Å². The summed E-state index contributed by atoms with van der Waals surface area (Å²) in [5.41, 5.74) is 3.78. The van der Waals surface area contributed by atoms with Crippen molar-refractivity contribution in [3.05, 3.63) is 71.3 Å². The van der Waals surface area contributed by atoms with Gasteiger partial charge in [-0.2, -0.15) is 0 Å². The second kappa shape index (κ2) is 8.11. The number of benzene rings is 2. The molecule has 1 N–H and O–H groups in total. The van der Waals surface area contributed by atoms with E-state index in [0.717, 1.165) is 6.54 Å². The van der Waals surface area contributed by atoms with Gasteiger partial charge in [-0.15, -0.1) is 0 Å². The largest absolute Gasteiger partial charge is 0.391 e. The normalized spacial score (nSPS) is 12.8. The molecule has 0 aliphatic carbocycles. The van der Waals surface area contributed by atoms with Crippen molar-refractivity contribution in [2.45, 2.75) is 45.9 Å². The zero-order valence-electron chi connectivity index (χ0n) is 13.9. The molecule has 1 unspecified atom stereocenters. The number of aryl methyl sites for hydroxylation is 1. The van der Waals surface area contributed by atoms with Crippen LogP contribution >= 0.6 is 0 Å². The Labute approximate surface area is 134 Å². The van der Waals surface area contributed by atoms with Crippen molar-refractivity contribution < 1.29 is 5.11 Å². The molecular formula is C20H27NO. The van der Waals surface area contributed by atoms with Crippen molar-refractivity contribution >= 4 is 0 Å². The molecule has 0 aromatic heterocycles. The van der Waals surface area contributed by atoms with Gasteiger partial charge < -0.3 is 5.11 Å². The molecule has 2 nitrogen and oxygen atoms in total. The van der Waals surface area contributed by atoms with Crippen LogP contribution in [-0.2, 0) is 13.0 Å². The first-order valence-electron chi connectivity index (χ1n) is 8.06. The molecule has 0 radical (unpaired) electrons. The minimum Gasteiger partial charge on any atom is -0.391 e. The number of rotatable bonds is 7. The van der Waals surface area contributed by atoms with Crippen LogP contribution in [0.4, 0.5) is 0 Å². The third-order valence-corrected chi connectivity index (χ3v) is 3.96. The minimum atomic E-state index is -0.338. The van der Waals surface area contributed by atoms with Crippen LogP contribution < -0.4 is 0 Å². The number of hydrogen-bond donors (Lipinski definition) is 1. The summed E-state index contributed by atoms with van der Waals surface area (Å²) < 4.78 is 0. The summed E-state index contributed by atoms with van der Waals surface area (Å²) in [7, 11) is 0. The summed E-state index contributed by atoms with van der Waals surface area (Å²) in [5.74, 6) is 0. The van der Waals surface area contributed by atoms with Gasteiger partial charge in [-0.1, -0.05) is 60.2 Å². The van der Waals surface area contributed by atoms with Crippen molar-refractivity contribution in [3.8, 4) is 0 Å². The quantitative estimate of drug-likeness (QED) is 0.840. The minimum absolute atomic E-state index is 0.338. The molecule has 118 valence electrons. The van der Waals surface area contributed by atoms with E-state index >= 15 is 0 Å². The summed E-state index contributed by atoms with van der Waals surface area (Å²) >= 11 is 0. The fraction of sp³-hybridized carbons (Fsp3) is 0.400. The molecule has 2 heteroatoms. The lowest BCUT2D eigenvalue weighted by atomic mass is 10.1. The third kappa shape index (κ3) is 5.28. The van der Waals surface area contributed by atoms with Gasteiger partial charge in [-0.25, -0.2) is 0 Å². The van der Waals surface area contributed by atoms with Crippen molar-refractivity contribution in [3.63, 3.8) is 0 Å². The standard InChI is InChI=1S/C20H27NO/c1-16(2)21(14-19-11-7-8-17(3)12-19)15-20(22)13-18-9-5-4-6-10-18/h4-12,16,20,22H,13-15H2,1-3H3. The Balaban J connectivity index is 1.96. The fourth-order valence-electron chi connectivity index (χ4n) is 2.72. The lowest BCUT2D eigenvalue weighted by molar-refractivity contribution is 0.0908. The molecule has 2 aromatic rings. The van der Waals surface area contributed by atoms with Gasteiger partial charge in [-0.05, 0) is 38.3 Å². The second-order valence-electron chi connectivity index (χ2n) is 6.36. The SMILES string of the molecule is Cc1cccc(CN(CC(O)Cc2ccccc2)C(C)C)c1. The lowest BCUT2D eigenvalue weighted by Crippen LogP contribution is -2.37. The summed E-state index contributed by atoms with van der Waals surface area (Å²) in [6, 6.07) is 19.2. The highest BCUT2D eigenvalue weighted by atomic mass is 16.3. The maximum Gasteiger partial charge on any atom is 0.0707 e. The van der Waals surface area contributed by atoms with Gasteiger partial charge in [0, 0.05) is 19.1 Å². The molecule has 2 rings (SSSR count). The Morgan fingerprint density at radius 3 is 2.27 bits per heavy atom. The Kier molecular flexibility index (Phi) is 6.17. The Morgan fingerprint density at radius 2 is 1.64 bits per heavy atom. The van der Waals surface area contributed by atoms with E-state index in [1.807, 2.05) is 18.2 Å². The molecule has 2 aromatic carbocycles. The molecule has 0 saturated heterocycles. The molecule has 0 fully saturated rings. The molecule has 0 aliphatic heterocycles. The molecule has 0 bridgehead atoms. The fourth-order valence-corrected chi connectivity index (χ4v) is 2.72. The van der Waals surface area contributed by atoms with Crippen LogP contribution in [0.5, 0.6) is 0 Å². The van der Waals surface area contributed by atoms with E-state index in [2.05, 4.69) is 62.1 Å². The van der Waals surface area contributed by atoms with Crippen LogP contribution in [-0.4, -0.2) is 28.7 Å². The number of hydrogen-bond acceptors (Lipinski definition) is 2. The Hall–Kier alpha value is -1.64. The molecular weight excluding hydrogens is 270 g/mol. The van der Waals surface area contributed by atoms with Crippen LogP contribution in [0.2, 0.25) is 0 Å². The molecule has 1 atom stereocenters. The zero-order chi connectivity index (χ0) is 15.9. The number of aliphatic hydroxyl groups excluding tert-OH is 1. The first-order valence-corrected chi connectivity index (χ1v) is 8.06. The summed E-state index contributed by atoms with van der Waals surface area (Å²) in [5, 5.41) is 10.4. The molecule has 0 aliphatic rings. The van der Waals surface area contributed by atoms with Gasteiger partial charge in [0.15, 0.2) is 0 Å². The van der Waals surface area contributed by atoms with E-state index in [1.54, 1.807) is 0 Å². The summed E-state index contributed by atoms with van der Waals surface area (Å²) in [4.78, 5) is 2.34. The Bertz CT molecular complexity index is 565. The highest BCUT2D eigenvalue weighted by Gasteiger charge is 2.15. The van der Waals surface area contributed by atoms with Crippen molar-refractivity contribution in [2.24, 2.45) is 0 Å². The molecule has 22 heavy (non-hydrogen) atoms. The van der Waals surface area contributed by atoms with Crippen molar-refractivity contribution in [1.29, 1.82) is 0 Å². The zero-order valence-corrected chi connectivity index (χ0v) is 13.9. The second-order valence-corrected chi connectivity index (χ2v) is 6.36. The van der Waals surface area contributed by atoms with E-state index in [4.69, 9.17) is 0 Å². The van der Waals surface area contributed by atoms with Crippen LogP contribution in [0, 0.1) is 6.92 Å². The highest BCUT2D eigenvalue weighted by molar-refractivity contribution is 5.22. The number of aliphatic hydroxyl groups is 1. The van der Waals surface area contributed by atoms with E-state index in [9.17, 15) is 5.11 Å². The van der Waals surface area contributed by atoms with E-state index in [0.29, 0.717) is 19.0 Å². The van der Waals surface area contributed by atoms with E-state index < -0.39 is 0 Å². The molecule has 0 spiro atoms. The van der Waals surface area contributed by atoms with Gasteiger partial charge in [0.2, 0.25) is 0 Å². The average Bonchev–Trinajstić information content (AvgIpc) is 2.47. The van der Waals surface area contributed by atoms with Crippen LogP contribution in [0.15, 0.2) is 54.6 Å². The molecule has 0 heterocycles. The summed E-state index contributed by atoms with van der Waals surface area (Å²) in [6.45, 7) is 8.06. The third-order valence-electron chi connectivity index (χ3n) is 3.96. The van der Waals surface area contributed by atoms with Crippen LogP contribution in [0.25, 0.3) is 0 Å². The highest BCUT2D eigenvalue weighted by Crippen LogP contribution is 2.12. The van der Waals surface area contributed by atoms with Crippen LogP contribution in [0.1, 0.15) is 30.5 Å². The molecule has 0 amide bonds. The van der Waals surface area contributed by atoms with Gasteiger partial charge >= 0.3 is 0 Å². The topological polar surface area (TPSA) is 23.5 Å². The van der Waals surface area contributed by atoms with Crippen molar-refractivity contribution in [1.82, 2.24) is 4.90 Å². The van der Waals surface area contributed by atoms with Crippen LogP contribution in [0.3, 0.4) is 0 Å². The van der Waals surface area contributed by atoms with E-state index in [1.165, 1.54) is 16.7 Å². The predicted molar refractivity (Wildman–Crippen MR) is 92.9 cm³/mol. The maximum absolute atomic E-state index is 10.4. The van der Waals surface area contributed by atoms with E-state index in [-0.39, 0.29) is 6.10 Å². The number of nitrogens with zero attached hydrogens (tertiary/aromatic N) is 1. The smallest absolute Gasteiger partial charge is 0.0707 e. The first-order chi connectivity index (χ1) is 10.5. The lowest BCUT2D eigenvalue weighted by Gasteiger charge is -2.29. The Morgan fingerprint density at radius 1 is 0.955 bits per heavy atom. The monoisotopic (exact) mass is 297 g/mol. The summed E-state index contributed by atoms with van der Waals surface area (Å²) in [6.07, 6.45) is 0.368.